The topological polar surface area (TPSA) is 38.3 Å². The molecule has 1 heterocycles. The molecule has 0 bridgehead atoms. The summed E-state index contributed by atoms with van der Waals surface area (Å²) in [6.07, 6.45) is -4.03. The molecule has 1 aromatic carbocycles. The summed E-state index contributed by atoms with van der Waals surface area (Å²) in [6.45, 7) is -0.992. The van der Waals surface area contributed by atoms with E-state index in [1.54, 1.807) is 12.1 Å². The molecule has 0 fully saturated rings. The number of carbonyl (C=O) groups excluding carboxylic acids is 1. The Balaban J connectivity index is 1.77. The van der Waals surface area contributed by atoms with Crippen molar-refractivity contribution >= 4 is 17.2 Å². The highest BCUT2D eigenvalue weighted by molar-refractivity contribution is 7.10. The van der Waals surface area contributed by atoms with Gasteiger partial charge in [-0.3, -0.25) is 4.79 Å². The number of hydrogen-bond donors (Lipinski definition) is 1. The standard InChI is InChI=1S/C15H14F3NO2S/c16-15(17,18)10-21-12-5-3-11(4-6-12)9-19-14(20)8-13-2-1-7-22-13/h1-7H,8-10H2,(H,19,20). The second-order valence-electron chi connectivity index (χ2n) is 4.58. The van der Waals surface area contributed by atoms with Gasteiger partial charge in [0, 0.05) is 11.4 Å². The van der Waals surface area contributed by atoms with Gasteiger partial charge in [-0.25, -0.2) is 0 Å². The first-order valence-electron chi connectivity index (χ1n) is 6.50. The fraction of sp³-hybridized carbons (Fsp3) is 0.267. The molecule has 1 aromatic heterocycles. The Morgan fingerprint density at radius 3 is 2.50 bits per heavy atom. The van der Waals surface area contributed by atoms with E-state index in [0.717, 1.165) is 10.4 Å². The normalized spacial score (nSPS) is 11.2. The molecule has 0 aliphatic rings. The van der Waals surface area contributed by atoms with Crippen LogP contribution in [0.15, 0.2) is 41.8 Å². The molecule has 1 amide bonds. The number of amides is 1. The highest BCUT2D eigenvalue weighted by Crippen LogP contribution is 2.18. The van der Waals surface area contributed by atoms with Crippen LogP contribution in [0.3, 0.4) is 0 Å². The highest BCUT2D eigenvalue weighted by atomic mass is 32.1. The van der Waals surface area contributed by atoms with Gasteiger partial charge >= 0.3 is 6.18 Å². The first-order chi connectivity index (χ1) is 10.4. The van der Waals surface area contributed by atoms with Crippen molar-refractivity contribution in [3.8, 4) is 5.75 Å². The molecule has 0 saturated carbocycles. The van der Waals surface area contributed by atoms with Crippen LogP contribution in [0.25, 0.3) is 0 Å². The molecule has 22 heavy (non-hydrogen) atoms. The number of nitrogens with one attached hydrogen (secondary N) is 1. The van der Waals surface area contributed by atoms with E-state index in [9.17, 15) is 18.0 Å². The third-order valence-electron chi connectivity index (χ3n) is 2.73. The summed E-state index contributed by atoms with van der Waals surface area (Å²) >= 11 is 1.51. The number of thiophene rings is 1. The van der Waals surface area contributed by atoms with Crippen LogP contribution in [-0.4, -0.2) is 18.7 Å². The molecule has 0 saturated heterocycles. The Morgan fingerprint density at radius 1 is 1.18 bits per heavy atom. The van der Waals surface area contributed by atoms with Gasteiger partial charge in [0.2, 0.25) is 5.91 Å². The minimum absolute atomic E-state index is 0.0974. The van der Waals surface area contributed by atoms with E-state index in [1.165, 1.54) is 23.5 Å². The molecule has 2 rings (SSSR count). The lowest BCUT2D eigenvalue weighted by Gasteiger charge is -2.10. The van der Waals surface area contributed by atoms with Crippen LogP contribution in [0.5, 0.6) is 5.75 Å². The summed E-state index contributed by atoms with van der Waals surface area (Å²) in [6, 6.07) is 9.91. The summed E-state index contributed by atoms with van der Waals surface area (Å²) < 4.78 is 40.7. The molecule has 7 heteroatoms. The third-order valence-corrected chi connectivity index (χ3v) is 3.61. The van der Waals surface area contributed by atoms with Gasteiger partial charge in [-0.2, -0.15) is 13.2 Å². The van der Waals surface area contributed by atoms with Gasteiger partial charge in [-0.05, 0) is 29.1 Å². The molecule has 0 unspecified atom stereocenters. The van der Waals surface area contributed by atoms with Crippen LogP contribution in [-0.2, 0) is 17.8 Å². The van der Waals surface area contributed by atoms with E-state index in [1.807, 2.05) is 17.5 Å². The van der Waals surface area contributed by atoms with Gasteiger partial charge in [0.1, 0.15) is 5.75 Å². The number of carbonyl (C=O) groups is 1. The quantitative estimate of drug-likeness (QED) is 0.880. The second kappa shape index (κ2) is 7.31. The van der Waals surface area contributed by atoms with Crippen molar-refractivity contribution in [2.75, 3.05) is 6.61 Å². The highest BCUT2D eigenvalue weighted by Gasteiger charge is 2.28. The average Bonchev–Trinajstić information content (AvgIpc) is 2.96. The summed E-state index contributed by atoms with van der Waals surface area (Å²) in [5, 5.41) is 4.66. The van der Waals surface area contributed by atoms with E-state index in [2.05, 4.69) is 10.1 Å². The van der Waals surface area contributed by atoms with Gasteiger partial charge in [-0.15, -0.1) is 11.3 Å². The molecule has 0 spiro atoms. The summed E-state index contributed by atoms with van der Waals surface area (Å²) in [5.74, 6) is 0.0471. The number of halogens is 3. The summed E-state index contributed by atoms with van der Waals surface area (Å²) in [4.78, 5) is 12.7. The maximum atomic E-state index is 12.0. The van der Waals surface area contributed by atoms with Crippen LogP contribution in [0, 0.1) is 0 Å². The number of benzene rings is 1. The van der Waals surface area contributed by atoms with Crippen LogP contribution in [0.1, 0.15) is 10.4 Å². The molecule has 118 valence electrons. The molecule has 0 atom stereocenters. The third kappa shape index (κ3) is 5.77. The Kier molecular flexibility index (Phi) is 5.43. The smallest absolute Gasteiger partial charge is 0.422 e. The van der Waals surface area contributed by atoms with Gasteiger partial charge < -0.3 is 10.1 Å². The SMILES string of the molecule is O=C(Cc1cccs1)NCc1ccc(OCC(F)(F)F)cc1. The molecule has 2 aromatic rings. The largest absolute Gasteiger partial charge is 0.484 e. The van der Waals surface area contributed by atoms with Crippen molar-refractivity contribution in [3.05, 3.63) is 52.2 Å². The van der Waals surface area contributed by atoms with E-state index in [4.69, 9.17) is 0 Å². The summed E-state index contributed by atoms with van der Waals surface area (Å²) in [5.41, 5.74) is 0.791. The molecule has 1 N–H and O–H groups in total. The Labute approximate surface area is 129 Å². The van der Waals surface area contributed by atoms with Crippen molar-refractivity contribution in [1.82, 2.24) is 5.32 Å². The number of ether oxygens (including phenoxy) is 1. The second-order valence-corrected chi connectivity index (χ2v) is 5.61. The van der Waals surface area contributed by atoms with Crippen LogP contribution >= 0.6 is 11.3 Å². The van der Waals surface area contributed by atoms with Gasteiger partial charge in [-0.1, -0.05) is 18.2 Å². The van der Waals surface area contributed by atoms with Crippen molar-refractivity contribution in [3.63, 3.8) is 0 Å². The maximum Gasteiger partial charge on any atom is 0.422 e. The van der Waals surface area contributed by atoms with Crippen LogP contribution < -0.4 is 10.1 Å². The van der Waals surface area contributed by atoms with E-state index in [0.29, 0.717) is 13.0 Å². The number of rotatable bonds is 6. The molecular formula is C15H14F3NO2S. The van der Waals surface area contributed by atoms with Crippen molar-refractivity contribution in [2.45, 2.75) is 19.1 Å². The first-order valence-corrected chi connectivity index (χ1v) is 7.38. The predicted octanol–water partition coefficient (Wildman–Crippen LogP) is 3.55. The van der Waals surface area contributed by atoms with Gasteiger partial charge in [0.05, 0.1) is 6.42 Å². The lowest BCUT2D eigenvalue weighted by molar-refractivity contribution is -0.153. The molecule has 3 nitrogen and oxygen atoms in total. The van der Waals surface area contributed by atoms with Gasteiger partial charge in [0.15, 0.2) is 6.61 Å². The Bertz CT molecular complexity index is 594. The minimum atomic E-state index is -4.35. The van der Waals surface area contributed by atoms with Crippen molar-refractivity contribution in [2.24, 2.45) is 0 Å². The molecular weight excluding hydrogens is 315 g/mol. The average molecular weight is 329 g/mol. The maximum absolute atomic E-state index is 12.0. The molecule has 0 aliphatic carbocycles. The zero-order valence-electron chi connectivity index (χ0n) is 11.5. The van der Waals surface area contributed by atoms with E-state index >= 15 is 0 Å². The van der Waals surface area contributed by atoms with E-state index < -0.39 is 12.8 Å². The first kappa shape index (κ1) is 16.4. The predicted molar refractivity (Wildman–Crippen MR) is 77.9 cm³/mol. The van der Waals surface area contributed by atoms with E-state index in [-0.39, 0.29) is 11.7 Å². The fourth-order valence-corrected chi connectivity index (χ4v) is 2.41. The number of hydrogen-bond acceptors (Lipinski definition) is 3. The minimum Gasteiger partial charge on any atom is -0.484 e. The Morgan fingerprint density at radius 2 is 1.91 bits per heavy atom. The molecule has 0 radical (unpaired) electrons. The monoisotopic (exact) mass is 329 g/mol. The van der Waals surface area contributed by atoms with Crippen LogP contribution in [0.2, 0.25) is 0 Å². The lowest BCUT2D eigenvalue weighted by atomic mass is 10.2. The molecule has 0 aliphatic heterocycles. The van der Waals surface area contributed by atoms with Crippen molar-refractivity contribution < 1.29 is 22.7 Å². The lowest BCUT2D eigenvalue weighted by Crippen LogP contribution is -2.24. The zero-order chi connectivity index (χ0) is 16.0. The van der Waals surface area contributed by atoms with Crippen LogP contribution in [0.4, 0.5) is 13.2 Å². The summed E-state index contributed by atoms with van der Waals surface area (Å²) in [7, 11) is 0. The fourth-order valence-electron chi connectivity index (χ4n) is 1.70. The number of alkyl halides is 3. The van der Waals surface area contributed by atoms with Gasteiger partial charge in [0.25, 0.3) is 0 Å². The Hall–Kier alpha value is -2.02. The zero-order valence-corrected chi connectivity index (χ0v) is 12.3. The van der Waals surface area contributed by atoms with Crippen molar-refractivity contribution in [1.29, 1.82) is 0 Å².